The number of hydrogen-bond donors (Lipinski definition) is 0. The molecule has 1 nitrogen and oxygen atoms in total. The van der Waals surface area contributed by atoms with Gasteiger partial charge >= 0.3 is 0 Å². The number of rotatable bonds is 10. The predicted molar refractivity (Wildman–Crippen MR) is 86.9 cm³/mol. The first-order chi connectivity index (χ1) is 9.77. The van der Waals surface area contributed by atoms with E-state index in [0.717, 1.165) is 12.8 Å². The van der Waals surface area contributed by atoms with E-state index >= 15 is 0 Å². The molecular formula is C19H26O. The Bertz CT molecular complexity index is 417. The van der Waals surface area contributed by atoms with Gasteiger partial charge in [-0.1, -0.05) is 62.2 Å². The molecule has 1 rings (SSSR count). The monoisotopic (exact) mass is 270 g/mol. The average molecular weight is 270 g/mol. The Morgan fingerprint density at radius 2 is 2.00 bits per heavy atom. The lowest BCUT2D eigenvalue weighted by Crippen LogP contribution is -2.04. The molecule has 0 saturated carbocycles. The van der Waals surface area contributed by atoms with Gasteiger partial charge in [0.2, 0.25) is 0 Å². The summed E-state index contributed by atoms with van der Waals surface area (Å²) in [5, 5.41) is 0. The van der Waals surface area contributed by atoms with Crippen molar-refractivity contribution in [2.75, 3.05) is 0 Å². The molecule has 0 aromatic heterocycles. The van der Waals surface area contributed by atoms with Crippen LogP contribution in [0.1, 0.15) is 56.9 Å². The summed E-state index contributed by atoms with van der Waals surface area (Å²) in [5.41, 5.74) is 1.22. The van der Waals surface area contributed by atoms with E-state index in [1.54, 1.807) is 6.08 Å². The van der Waals surface area contributed by atoms with Crippen molar-refractivity contribution in [3.8, 4) is 0 Å². The standard InChI is InChI=1S/C19H26O/c1-3-5-6-7-11-15-19(20)16-18(12-4-2)17-13-9-8-10-14-17/h4,8-11,13-15,18H,2-3,5-7,12,16H2,1H3/b15-11+/t18-/m0/s1. The Kier molecular flexibility index (Phi) is 8.37. The highest BCUT2D eigenvalue weighted by Gasteiger charge is 2.12. The quantitative estimate of drug-likeness (QED) is 0.314. The summed E-state index contributed by atoms with van der Waals surface area (Å²) >= 11 is 0. The van der Waals surface area contributed by atoms with E-state index in [4.69, 9.17) is 0 Å². The fourth-order valence-corrected chi connectivity index (χ4v) is 2.30. The van der Waals surface area contributed by atoms with Gasteiger partial charge in [0.05, 0.1) is 0 Å². The summed E-state index contributed by atoms with van der Waals surface area (Å²) in [6.45, 7) is 5.99. The number of hydrogen-bond acceptors (Lipinski definition) is 1. The Balaban J connectivity index is 2.49. The van der Waals surface area contributed by atoms with E-state index < -0.39 is 0 Å². The van der Waals surface area contributed by atoms with E-state index in [2.05, 4.69) is 25.6 Å². The van der Waals surface area contributed by atoms with Gasteiger partial charge in [0.15, 0.2) is 5.78 Å². The van der Waals surface area contributed by atoms with E-state index in [9.17, 15) is 4.79 Å². The van der Waals surface area contributed by atoms with Gasteiger partial charge in [0.25, 0.3) is 0 Å². The molecule has 1 heteroatoms. The smallest absolute Gasteiger partial charge is 0.155 e. The Hall–Kier alpha value is -1.63. The van der Waals surface area contributed by atoms with Crippen LogP contribution in [-0.2, 0) is 4.79 Å². The van der Waals surface area contributed by atoms with Gasteiger partial charge in [-0.2, -0.15) is 0 Å². The number of benzene rings is 1. The molecule has 0 bridgehead atoms. The zero-order chi connectivity index (χ0) is 14.6. The summed E-state index contributed by atoms with van der Waals surface area (Å²) in [5.74, 6) is 0.471. The van der Waals surface area contributed by atoms with Crippen LogP contribution in [0.15, 0.2) is 55.1 Å². The van der Waals surface area contributed by atoms with Crippen molar-refractivity contribution in [2.45, 2.75) is 51.4 Å². The fraction of sp³-hybridized carbons (Fsp3) is 0.421. The van der Waals surface area contributed by atoms with Crippen molar-refractivity contribution in [1.82, 2.24) is 0 Å². The zero-order valence-electron chi connectivity index (χ0n) is 12.6. The molecule has 108 valence electrons. The molecule has 0 heterocycles. The van der Waals surface area contributed by atoms with Crippen LogP contribution in [0.3, 0.4) is 0 Å². The minimum absolute atomic E-state index is 0.220. The van der Waals surface area contributed by atoms with Crippen LogP contribution < -0.4 is 0 Å². The first-order valence-corrected chi connectivity index (χ1v) is 7.63. The molecule has 1 aromatic carbocycles. The maximum Gasteiger partial charge on any atom is 0.155 e. The SMILES string of the molecule is C=CC[C@@H](CC(=O)/C=C/CCCCC)c1ccccc1. The molecule has 0 aliphatic heterocycles. The topological polar surface area (TPSA) is 17.1 Å². The molecule has 0 aliphatic rings. The number of carbonyl (C=O) groups is 1. The van der Waals surface area contributed by atoms with Gasteiger partial charge in [0, 0.05) is 6.42 Å². The third kappa shape index (κ3) is 6.51. The largest absolute Gasteiger partial charge is 0.295 e. The zero-order valence-corrected chi connectivity index (χ0v) is 12.6. The highest BCUT2D eigenvalue weighted by atomic mass is 16.1. The van der Waals surface area contributed by atoms with E-state index in [1.807, 2.05) is 30.4 Å². The minimum atomic E-state index is 0.220. The molecule has 0 radical (unpaired) electrons. The van der Waals surface area contributed by atoms with Crippen LogP contribution in [0.4, 0.5) is 0 Å². The molecule has 0 fully saturated rings. The molecule has 0 amide bonds. The van der Waals surface area contributed by atoms with E-state index in [0.29, 0.717) is 6.42 Å². The average Bonchev–Trinajstić information content (AvgIpc) is 2.47. The normalized spacial score (nSPS) is 12.4. The van der Waals surface area contributed by atoms with Crippen molar-refractivity contribution < 1.29 is 4.79 Å². The molecule has 1 atom stereocenters. The number of ketones is 1. The van der Waals surface area contributed by atoms with Gasteiger partial charge in [0.1, 0.15) is 0 Å². The van der Waals surface area contributed by atoms with Crippen LogP contribution in [0.25, 0.3) is 0 Å². The van der Waals surface area contributed by atoms with Crippen molar-refractivity contribution in [1.29, 1.82) is 0 Å². The van der Waals surface area contributed by atoms with Crippen LogP contribution in [-0.4, -0.2) is 5.78 Å². The summed E-state index contributed by atoms with van der Waals surface area (Å²) in [6, 6.07) is 10.2. The third-order valence-electron chi connectivity index (χ3n) is 3.45. The maximum absolute atomic E-state index is 12.0. The van der Waals surface area contributed by atoms with Crippen LogP contribution in [0.5, 0.6) is 0 Å². The van der Waals surface area contributed by atoms with Crippen LogP contribution in [0.2, 0.25) is 0 Å². The van der Waals surface area contributed by atoms with Gasteiger partial charge < -0.3 is 0 Å². The van der Waals surface area contributed by atoms with Crippen LogP contribution in [0, 0.1) is 0 Å². The molecule has 0 saturated heterocycles. The number of unbranched alkanes of at least 4 members (excludes halogenated alkanes) is 3. The Morgan fingerprint density at radius 1 is 1.25 bits per heavy atom. The molecule has 1 aromatic rings. The van der Waals surface area contributed by atoms with Gasteiger partial charge in [-0.15, -0.1) is 6.58 Å². The van der Waals surface area contributed by atoms with Crippen molar-refractivity contribution in [3.63, 3.8) is 0 Å². The molecule has 0 spiro atoms. The Morgan fingerprint density at radius 3 is 2.65 bits per heavy atom. The number of allylic oxidation sites excluding steroid dienone is 3. The predicted octanol–water partition coefficient (Wildman–Crippen LogP) is 5.44. The maximum atomic E-state index is 12.0. The molecule has 0 aliphatic carbocycles. The lowest BCUT2D eigenvalue weighted by molar-refractivity contribution is -0.115. The van der Waals surface area contributed by atoms with Gasteiger partial charge in [-0.05, 0) is 36.8 Å². The van der Waals surface area contributed by atoms with Crippen molar-refractivity contribution >= 4 is 5.78 Å². The first-order valence-electron chi connectivity index (χ1n) is 7.63. The first kappa shape index (κ1) is 16.4. The summed E-state index contributed by atoms with van der Waals surface area (Å²) < 4.78 is 0. The van der Waals surface area contributed by atoms with Crippen molar-refractivity contribution in [3.05, 3.63) is 60.7 Å². The summed E-state index contributed by atoms with van der Waals surface area (Å²) in [6.07, 6.45) is 11.7. The summed E-state index contributed by atoms with van der Waals surface area (Å²) in [7, 11) is 0. The molecule has 0 N–H and O–H groups in total. The molecule has 0 unspecified atom stereocenters. The second-order valence-electron chi connectivity index (χ2n) is 5.20. The number of carbonyl (C=O) groups excluding carboxylic acids is 1. The van der Waals surface area contributed by atoms with Crippen LogP contribution >= 0.6 is 0 Å². The van der Waals surface area contributed by atoms with E-state index in [1.165, 1.54) is 24.8 Å². The van der Waals surface area contributed by atoms with Crippen molar-refractivity contribution in [2.24, 2.45) is 0 Å². The third-order valence-corrected chi connectivity index (χ3v) is 3.45. The fourth-order valence-electron chi connectivity index (χ4n) is 2.30. The Labute approximate surface area is 123 Å². The minimum Gasteiger partial charge on any atom is -0.295 e. The van der Waals surface area contributed by atoms with E-state index in [-0.39, 0.29) is 11.7 Å². The second-order valence-corrected chi connectivity index (χ2v) is 5.20. The lowest BCUT2D eigenvalue weighted by atomic mass is 9.90. The molecule has 20 heavy (non-hydrogen) atoms. The highest BCUT2D eigenvalue weighted by Crippen LogP contribution is 2.24. The van der Waals surface area contributed by atoms with Gasteiger partial charge in [-0.25, -0.2) is 0 Å². The lowest BCUT2D eigenvalue weighted by Gasteiger charge is -2.13. The summed E-state index contributed by atoms with van der Waals surface area (Å²) in [4.78, 5) is 12.0. The molecular weight excluding hydrogens is 244 g/mol. The second kappa shape index (κ2) is 10.2. The van der Waals surface area contributed by atoms with Gasteiger partial charge in [-0.3, -0.25) is 4.79 Å². The highest BCUT2D eigenvalue weighted by molar-refractivity contribution is 5.90.